The maximum absolute atomic E-state index is 9.13. The molecule has 1 N–H and O–H groups in total. The molecule has 0 saturated heterocycles. The van der Waals surface area contributed by atoms with Gasteiger partial charge in [-0.3, -0.25) is 0 Å². The molecule has 0 aliphatic heterocycles. The topological polar surface area (TPSA) is 50.9 Å². The van der Waals surface area contributed by atoms with Gasteiger partial charge in [0, 0.05) is 4.47 Å². The van der Waals surface area contributed by atoms with Gasteiger partial charge in [0.2, 0.25) is 0 Å². The van der Waals surface area contributed by atoms with E-state index in [1.807, 2.05) is 35.8 Å². The fourth-order valence-corrected chi connectivity index (χ4v) is 2.05. The first-order chi connectivity index (χ1) is 7.72. The smallest absolute Gasteiger partial charge is 0.159 e. The molecule has 1 heterocycles. The molecule has 1 aromatic carbocycles. The van der Waals surface area contributed by atoms with Crippen molar-refractivity contribution in [2.24, 2.45) is 0 Å². The molecule has 0 radical (unpaired) electrons. The number of hydrogen-bond acceptors (Lipinski definition) is 3. The summed E-state index contributed by atoms with van der Waals surface area (Å²) >= 11 is 3.44. The highest BCUT2D eigenvalue weighted by Gasteiger charge is 2.12. The molecule has 1 atom stereocenters. The largest absolute Gasteiger partial charge is 0.388 e. The minimum Gasteiger partial charge on any atom is -0.388 e. The highest BCUT2D eigenvalue weighted by molar-refractivity contribution is 9.10. The number of aliphatic hydroxyl groups excluding tert-OH is 1. The first-order valence-corrected chi connectivity index (χ1v) is 5.76. The van der Waals surface area contributed by atoms with Crippen molar-refractivity contribution in [3.05, 3.63) is 46.5 Å². The van der Waals surface area contributed by atoms with Crippen molar-refractivity contribution >= 4 is 15.9 Å². The maximum Gasteiger partial charge on any atom is 0.159 e. The Morgan fingerprint density at radius 3 is 3.00 bits per heavy atom. The summed E-state index contributed by atoms with van der Waals surface area (Å²) in [7, 11) is 0. The molecular weight excluding hydrogens is 270 g/mol. The van der Waals surface area contributed by atoms with E-state index < -0.39 is 0 Å². The highest BCUT2D eigenvalue weighted by atomic mass is 79.9. The van der Waals surface area contributed by atoms with Crippen LogP contribution in [0.1, 0.15) is 24.4 Å². The molecule has 0 fully saturated rings. The Balaban J connectivity index is 2.35. The van der Waals surface area contributed by atoms with Crippen molar-refractivity contribution in [2.45, 2.75) is 19.6 Å². The second-order valence-electron chi connectivity index (χ2n) is 3.54. The number of hydrogen-bond donors (Lipinski definition) is 1. The van der Waals surface area contributed by atoms with Gasteiger partial charge in [0.1, 0.15) is 12.9 Å². The first-order valence-electron chi connectivity index (χ1n) is 4.97. The minimum atomic E-state index is -0.0989. The van der Waals surface area contributed by atoms with Gasteiger partial charge in [-0.2, -0.15) is 0 Å². The molecule has 1 unspecified atom stereocenters. The molecule has 4 nitrogen and oxygen atoms in total. The van der Waals surface area contributed by atoms with Crippen LogP contribution in [-0.4, -0.2) is 19.9 Å². The van der Waals surface area contributed by atoms with Crippen LogP contribution in [0.25, 0.3) is 0 Å². The van der Waals surface area contributed by atoms with Gasteiger partial charge in [-0.1, -0.05) is 28.1 Å². The zero-order valence-electron chi connectivity index (χ0n) is 8.84. The lowest BCUT2D eigenvalue weighted by Crippen LogP contribution is -2.09. The molecule has 0 saturated carbocycles. The third-order valence-corrected chi connectivity index (χ3v) is 3.03. The van der Waals surface area contributed by atoms with Crippen LogP contribution in [0.5, 0.6) is 0 Å². The normalized spacial score (nSPS) is 12.7. The molecule has 0 spiro atoms. The number of aromatic nitrogens is 3. The van der Waals surface area contributed by atoms with E-state index >= 15 is 0 Å². The summed E-state index contributed by atoms with van der Waals surface area (Å²) in [4.78, 5) is 0. The Kier molecular flexibility index (Phi) is 3.36. The van der Waals surface area contributed by atoms with E-state index in [1.54, 1.807) is 6.33 Å². The van der Waals surface area contributed by atoms with Crippen LogP contribution in [0.3, 0.4) is 0 Å². The fourth-order valence-electron chi connectivity index (χ4n) is 1.63. The summed E-state index contributed by atoms with van der Waals surface area (Å²) in [5, 5.41) is 16.8. The van der Waals surface area contributed by atoms with Crippen LogP contribution < -0.4 is 0 Å². The van der Waals surface area contributed by atoms with Crippen molar-refractivity contribution < 1.29 is 5.11 Å². The van der Waals surface area contributed by atoms with Gasteiger partial charge in [0.15, 0.2) is 5.82 Å². The number of nitrogens with zero attached hydrogens (tertiary/aromatic N) is 3. The first kappa shape index (κ1) is 11.3. The lowest BCUT2D eigenvalue weighted by Gasteiger charge is -2.15. The standard InChI is InChI=1S/C11H12BrN3O/c1-8(9-3-2-4-10(12)5-9)15-7-13-14-11(15)6-16/h2-5,7-8,16H,6H2,1H3. The molecule has 84 valence electrons. The molecule has 5 heteroatoms. The molecule has 1 aromatic heterocycles. The van der Waals surface area contributed by atoms with Gasteiger partial charge in [-0.05, 0) is 24.6 Å². The van der Waals surface area contributed by atoms with E-state index in [1.165, 1.54) is 0 Å². The molecule has 0 aliphatic carbocycles. The van der Waals surface area contributed by atoms with Gasteiger partial charge >= 0.3 is 0 Å². The molecule has 16 heavy (non-hydrogen) atoms. The molecule has 2 rings (SSSR count). The molecule has 2 aromatic rings. The van der Waals surface area contributed by atoms with E-state index in [4.69, 9.17) is 5.11 Å². The molecule has 0 aliphatic rings. The van der Waals surface area contributed by atoms with Crippen molar-refractivity contribution in [3.63, 3.8) is 0 Å². The minimum absolute atomic E-state index is 0.0989. The zero-order chi connectivity index (χ0) is 11.5. The van der Waals surface area contributed by atoms with Crippen LogP contribution in [0.4, 0.5) is 0 Å². The van der Waals surface area contributed by atoms with Crippen LogP contribution in [0.2, 0.25) is 0 Å². The zero-order valence-corrected chi connectivity index (χ0v) is 10.4. The van der Waals surface area contributed by atoms with Gasteiger partial charge in [-0.25, -0.2) is 0 Å². The van der Waals surface area contributed by atoms with Gasteiger partial charge in [-0.15, -0.1) is 10.2 Å². The Bertz CT molecular complexity index is 484. The van der Waals surface area contributed by atoms with Gasteiger partial charge in [0.25, 0.3) is 0 Å². The van der Waals surface area contributed by atoms with E-state index in [9.17, 15) is 0 Å². The Morgan fingerprint density at radius 1 is 1.50 bits per heavy atom. The number of benzene rings is 1. The quantitative estimate of drug-likeness (QED) is 0.938. The van der Waals surface area contributed by atoms with Crippen LogP contribution in [0.15, 0.2) is 35.1 Å². The Morgan fingerprint density at radius 2 is 2.31 bits per heavy atom. The van der Waals surface area contributed by atoms with Crippen LogP contribution >= 0.6 is 15.9 Å². The third-order valence-electron chi connectivity index (χ3n) is 2.54. The predicted octanol–water partition coefficient (Wildman–Crippen LogP) is 2.14. The van der Waals surface area contributed by atoms with E-state index in [2.05, 4.69) is 26.1 Å². The monoisotopic (exact) mass is 281 g/mol. The third kappa shape index (κ3) is 2.15. The lowest BCUT2D eigenvalue weighted by molar-refractivity contribution is 0.263. The Hall–Kier alpha value is -1.20. The average molecular weight is 282 g/mol. The average Bonchev–Trinajstić information content (AvgIpc) is 2.76. The van der Waals surface area contributed by atoms with E-state index in [-0.39, 0.29) is 12.6 Å². The lowest BCUT2D eigenvalue weighted by atomic mass is 10.1. The second kappa shape index (κ2) is 4.76. The maximum atomic E-state index is 9.13. The predicted molar refractivity (Wildman–Crippen MR) is 63.9 cm³/mol. The summed E-state index contributed by atoms with van der Waals surface area (Å²) in [6.07, 6.45) is 1.64. The molecular formula is C11H12BrN3O. The fraction of sp³-hybridized carbons (Fsp3) is 0.273. The SMILES string of the molecule is CC(c1cccc(Br)c1)n1cnnc1CO. The van der Waals surface area contributed by atoms with Crippen molar-refractivity contribution in [3.8, 4) is 0 Å². The van der Waals surface area contributed by atoms with Crippen LogP contribution in [-0.2, 0) is 6.61 Å². The van der Waals surface area contributed by atoms with Crippen molar-refractivity contribution in [2.75, 3.05) is 0 Å². The number of aliphatic hydroxyl groups is 1. The Labute approximate surface area is 102 Å². The van der Waals surface area contributed by atoms with Gasteiger partial charge < -0.3 is 9.67 Å². The second-order valence-corrected chi connectivity index (χ2v) is 4.46. The summed E-state index contributed by atoms with van der Waals surface area (Å²) in [6.45, 7) is 1.95. The van der Waals surface area contributed by atoms with E-state index in [0.29, 0.717) is 5.82 Å². The summed E-state index contributed by atoms with van der Waals surface area (Å²) in [5.41, 5.74) is 1.14. The summed E-state index contributed by atoms with van der Waals surface area (Å²) in [5.74, 6) is 0.576. The number of halogens is 1. The van der Waals surface area contributed by atoms with Crippen molar-refractivity contribution in [1.29, 1.82) is 0 Å². The van der Waals surface area contributed by atoms with Crippen LogP contribution in [0, 0.1) is 0 Å². The molecule has 0 bridgehead atoms. The van der Waals surface area contributed by atoms with Crippen molar-refractivity contribution in [1.82, 2.24) is 14.8 Å². The summed E-state index contributed by atoms with van der Waals surface area (Å²) in [6, 6.07) is 8.16. The van der Waals surface area contributed by atoms with Gasteiger partial charge in [0.05, 0.1) is 6.04 Å². The number of rotatable bonds is 3. The molecule has 0 amide bonds. The highest BCUT2D eigenvalue weighted by Crippen LogP contribution is 2.22. The van der Waals surface area contributed by atoms with E-state index in [0.717, 1.165) is 10.0 Å². The summed E-state index contributed by atoms with van der Waals surface area (Å²) < 4.78 is 2.90.